The number of para-hydroxylation sites is 1. The van der Waals surface area contributed by atoms with Crippen LogP contribution in [-0.4, -0.2) is 23.4 Å². The van der Waals surface area contributed by atoms with Gasteiger partial charge in [-0.05, 0) is 25.5 Å². The van der Waals surface area contributed by atoms with Crippen molar-refractivity contribution in [3.63, 3.8) is 0 Å². The Hall–Kier alpha value is -1.81. The molecule has 3 rings (SSSR count). The lowest BCUT2D eigenvalue weighted by molar-refractivity contribution is 0.416. The molecule has 4 nitrogen and oxygen atoms in total. The van der Waals surface area contributed by atoms with Crippen molar-refractivity contribution in [3.8, 4) is 16.9 Å². The van der Waals surface area contributed by atoms with Gasteiger partial charge in [0.25, 0.3) is 0 Å². The van der Waals surface area contributed by atoms with Gasteiger partial charge in [0, 0.05) is 24.2 Å². The third kappa shape index (κ3) is 2.12. The second kappa shape index (κ2) is 5.05. The maximum atomic E-state index is 5.47. The molecule has 1 aliphatic rings. The Bertz CT molecular complexity index is 571. The van der Waals surface area contributed by atoms with E-state index >= 15 is 0 Å². The summed E-state index contributed by atoms with van der Waals surface area (Å²) in [6, 6.07) is 8.51. The summed E-state index contributed by atoms with van der Waals surface area (Å²) < 4.78 is 7.45. The summed E-state index contributed by atoms with van der Waals surface area (Å²) in [5.74, 6) is 0.898. The summed E-state index contributed by atoms with van der Waals surface area (Å²) in [4.78, 5) is 0. The van der Waals surface area contributed by atoms with Crippen LogP contribution >= 0.6 is 0 Å². The standard InChI is InChI=1S/C15H19N3O/c1-18-15(13-7-5-9-16-13)12(10-17-18)11-6-3-4-8-14(11)19-2/h3-4,6,8,10,13,16H,5,7,9H2,1-2H3. The minimum Gasteiger partial charge on any atom is -0.496 e. The number of nitrogens with one attached hydrogen (secondary N) is 1. The lowest BCUT2D eigenvalue weighted by atomic mass is 10.0. The Balaban J connectivity index is 2.10. The average molecular weight is 257 g/mol. The fourth-order valence-corrected chi connectivity index (χ4v) is 2.85. The van der Waals surface area contributed by atoms with E-state index in [1.807, 2.05) is 36.1 Å². The smallest absolute Gasteiger partial charge is 0.126 e. The van der Waals surface area contributed by atoms with E-state index in [4.69, 9.17) is 4.74 Å². The minimum atomic E-state index is 0.396. The van der Waals surface area contributed by atoms with E-state index in [1.165, 1.54) is 24.1 Å². The summed E-state index contributed by atoms with van der Waals surface area (Å²) in [5, 5.41) is 7.98. The van der Waals surface area contributed by atoms with Gasteiger partial charge in [-0.3, -0.25) is 4.68 Å². The molecule has 100 valence electrons. The van der Waals surface area contributed by atoms with Crippen molar-refractivity contribution in [1.82, 2.24) is 15.1 Å². The quantitative estimate of drug-likeness (QED) is 0.918. The van der Waals surface area contributed by atoms with E-state index in [2.05, 4.69) is 16.5 Å². The van der Waals surface area contributed by atoms with E-state index in [0.717, 1.165) is 17.9 Å². The Morgan fingerprint density at radius 3 is 2.89 bits per heavy atom. The molecule has 0 saturated carbocycles. The predicted octanol–water partition coefficient (Wildman–Crippen LogP) is 2.52. The van der Waals surface area contributed by atoms with Crippen LogP contribution in [0.3, 0.4) is 0 Å². The van der Waals surface area contributed by atoms with Crippen molar-refractivity contribution < 1.29 is 4.74 Å². The second-order valence-electron chi connectivity index (χ2n) is 4.92. The molecule has 19 heavy (non-hydrogen) atoms. The normalized spacial score (nSPS) is 18.7. The van der Waals surface area contributed by atoms with E-state index in [1.54, 1.807) is 7.11 Å². The maximum Gasteiger partial charge on any atom is 0.126 e. The third-order valence-electron chi connectivity index (χ3n) is 3.77. The highest BCUT2D eigenvalue weighted by molar-refractivity contribution is 5.72. The molecule has 0 amide bonds. The minimum absolute atomic E-state index is 0.396. The molecule has 2 heterocycles. The van der Waals surface area contributed by atoms with Gasteiger partial charge in [0.2, 0.25) is 0 Å². The number of benzene rings is 1. The lowest BCUT2D eigenvalue weighted by Crippen LogP contribution is -2.17. The average Bonchev–Trinajstić information content (AvgIpc) is 3.07. The Morgan fingerprint density at radius 2 is 2.16 bits per heavy atom. The molecule has 0 bridgehead atoms. The van der Waals surface area contributed by atoms with Gasteiger partial charge in [0.15, 0.2) is 0 Å². The van der Waals surface area contributed by atoms with Crippen LogP contribution in [0.25, 0.3) is 11.1 Å². The number of hydrogen-bond acceptors (Lipinski definition) is 3. The Labute approximate surface area is 113 Å². The molecular formula is C15H19N3O. The van der Waals surface area contributed by atoms with Crippen molar-refractivity contribution in [2.24, 2.45) is 7.05 Å². The molecule has 1 atom stereocenters. The van der Waals surface area contributed by atoms with Gasteiger partial charge in [-0.25, -0.2) is 0 Å². The monoisotopic (exact) mass is 257 g/mol. The van der Waals surface area contributed by atoms with Crippen molar-refractivity contribution >= 4 is 0 Å². The predicted molar refractivity (Wildman–Crippen MR) is 75.2 cm³/mol. The van der Waals surface area contributed by atoms with Gasteiger partial charge in [-0.1, -0.05) is 18.2 Å². The number of hydrogen-bond donors (Lipinski definition) is 1. The summed E-state index contributed by atoms with van der Waals surface area (Å²) >= 11 is 0. The number of aromatic nitrogens is 2. The van der Waals surface area contributed by atoms with Crippen molar-refractivity contribution in [2.45, 2.75) is 18.9 Å². The first-order chi connectivity index (χ1) is 9.31. The van der Waals surface area contributed by atoms with E-state index < -0.39 is 0 Å². The fourth-order valence-electron chi connectivity index (χ4n) is 2.85. The molecule has 1 aromatic heterocycles. The van der Waals surface area contributed by atoms with Gasteiger partial charge in [0.1, 0.15) is 5.75 Å². The van der Waals surface area contributed by atoms with Crippen molar-refractivity contribution in [1.29, 1.82) is 0 Å². The number of methoxy groups -OCH3 is 1. The van der Waals surface area contributed by atoms with Crippen LogP contribution in [0.4, 0.5) is 0 Å². The van der Waals surface area contributed by atoms with Gasteiger partial charge in [-0.15, -0.1) is 0 Å². The zero-order chi connectivity index (χ0) is 13.2. The fraction of sp³-hybridized carbons (Fsp3) is 0.400. The highest BCUT2D eigenvalue weighted by Crippen LogP contribution is 2.36. The Morgan fingerprint density at radius 1 is 1.32 bits per heavy atom. The molecule has 1 fully saturated rings. The first-order valence-corrected chi connectivity index (χ1v) is 6.70. The summed E-state index contributed by atoms with van der Waals surface area (Å²) in [5.41, 5.74) is 3.53. The Kier molecular flexibility index (Phi) is 3.25. The molecule has 2 aromatic rings. The number of ether oxygens (including phenoxy) is 1. The van der Waals surface area contributed by atoms with Crippen LogP contribution in [0.1, 0.15) is 24.6 Å². The molecule has 1 aromatic carbocycles. The number of aryl methyl sites for hydroxylation is 1. The molecule has 1 saturated heterocycles. The summed E-state index contributed by atoms with van der Waals surface area (Å²) in [6.45, 7) is 1.08. The summed E-state index contributed by atoms with van der Waals surface area (Å²) in [6.07, 6.45) is 4.33. The molecule has 0 radical (unpaired) electrons. The SMILES string of the molecule is COc1ccccc1-c1cnn(C)c1C1CCCN1. The van der Waals surface area contributed by atoms with Gasteiger partial charge >= 0.3 is 0 Å². The lowest BCUT2D eigenvalue weighted by Gasteiger charge is -2.15. The van der Waals surface area contributed by atoms with Crippen LogP contribution in [0, 0.1) is 0 Å². The number of nitrogens with zero attached hydrogens (tertiary/aromatic N) is 2. The maximum absolute atomic E-state index is 5.47. The van der Waals surface area contributed by atoms with Crippen LogP contribution in [-0.2, 0) is 7.05 Å². The van der Waals surface area contributed by atoms with Gasteiger partial charge in [-0.2, -0.15) is 5.10 Å². The summed E-state index contributed by atoms with van der Waals surface area (Å²) in [7, 11) is 3.72. The molecule has 1 unspecified atom stereocenters. The van der Waals surface area contributed by atoms with Crippen LogP contribution < -0.4 is 10.1 Å². The van der Waals surface area contributed by atoms with Crippen LogP contribution in [0.15, 0.2) is 30.5 Å². The van der Waals surface area contributed by atoms with Gasteiger partial charge < -0.3 is 10.1 Å². The molecule has 1 N–H and O–H groups in total. The third-order valence-corrected chi connectivity index (χ3v) is 3.77. The first kappa shape index (κ1) is 12.2. The van der Waals surface area contributed by atoms with E-state index in [-0.39, 0.29) is 0 Å². The topological polar surface area (TPSA) is 39.1 Å². The molecular weight excluding hydrogens is 238 g/mol. The molecule has 0 aliphatic carbocycles. The van der Waals surface area contributed by atoms with Crippen LogP contribution in [0.5, 0.6) is 5.75 Å². The highest BCUT2D eigenvalue weighted by atomic mass is 16.5. The van der Waals surface area contributed by atoms with Crippen molar-refractivity contribution in [3.05, 3.63) is 36.2 Å². The van der Waals surface area contributed by atoms with Crippen LogP contribution in [0.2, 0.25) is 0 Å². The van der Waals surface area contributed by atoms with Crippen molar-refractivity contribution in [2.75, 3.05) is 13.7 Å². The highest BCUT2D eigenvalue weighted by Gasteiger charge is 2.24. The molecule has 0 spiro atoms. The zero-order valence-electron chi connectivity index (χ0n) is 11.4. The zero-order valence-corrected chi connectivity index (χ0v) is 11.4. The van der Waals surface area contributed by atoms with Gasteiger partial charge in [0.05, 0.1) is 19.0 Å². The largest absolute Gasteiger partial charge is 0.496 e. The van der Waals surface area contributed by atoms with E-state index in [0.29, 0.717) is 6.04 Å². The number of rotatable bonds is 3. The van der Waals surface area contributed by atoms with E-state index in [9.17, 15) is 0 Å². The molecule has 4 heteroatoms. The second-order valence-corrected chi connectivity index (χ2v) is 4.92. The first-order valence-electron chi connectivity index (χ1n) is 6.70. The molecule has 1 aliphatic heterocycles.